The Labute approximate surface area is 238 Å². The zero-order valence-electron chi connectivity index (χ0n) is 21.9. The Hall–Kier alpha value is -5.02. The van der Waals surface area contributed by atoms with Crippen molar-refractivity contribution in [1.82, 2.24) is 4.57 Å². The fraction of sp³-hybridized carbons (Fsp3) is 0.125. The van der Waals surface area contributed by atoms with Crippen LogP contribution in [0.4, 0.5) is 5.69 Å². The molecule has 1 aliphatic heterocycles. The van der Waals surface area contributed by atoms with Crippen molar-refractivity contribution in [3.05, 3.63) is 143 Å². The number of aromatic nitrogens is 1. The lowest BCUT2D eigenvalue weighted by Crippen LogP contribution is -2.38. The summed E-state index contributed by atoms with van der Waals surface area (Å²) in [6.07, 6.45) is 3.42. The van der Waals surface area contributed by atoms with Gasteiger partial charge in [0.1, 0.15) is 17.3 Å². The van der Waals surface area contributed by atoms with E-state index in [2.05, 4.69) is 18.2 Å². The molecule has 0 unspecified atom stereocenters. The summed E-state index contributed by atoms with van der Waals surface area (Å²) in [4.78, 5) is 30.2. The summed E-state index contributed by atoms with van der Waals surface area (Å²) >= 11 is 1.33. The van der Waals surface area contributed by atoms with Crippen LogP contribution in [-0.4, -0.2) is 16.6 Å². The summed E-state index contributed by atoms with van der Waals surface area (Å²) in [5.41, 5.74) is 5.97. The molecule has 41 heavy (non-hydrogen) atoms. The van der Waals surface area contributed by atoms with Crippen molar-refractivity contribution in [2.45, 2.75) is 18.9 Å². The van der Waals surface area contributed by atoms with Gasteiger partial charge in [0, 0.05) is 29.3 Å². The van der Waals surface area contributed by atoms with Gasteiger partial charge in [-0.2, -0.15) is 0 Å². The van der Waals surface area contributed by atoms with Gasteiger partial charge in [0.25, 0.3) is 11.2 Å². The van der Waals surface area contributed by atoms with Crippen LogP contribution >= 0.6 is 11.3 Å². The molecule has 0 saturated carbocycles. The Balaban J connectivity index is 1.36. The summed E-state index contributed by atoms with van der Waals surface area (Å²) in [6, 6.07) is 25.6. The molecule has 0 spiro atoms. The lowest BCUT2D eigenvalue weighted by molar-refractivity contribution is -0.384. The minimum absolute atomic E-state index is 0.0116. The maximum absolute atomic E-state index is 14.0. The molecule has 8 nitrogen and oxygen atoms in total. The second-order valence-electron chi connectivity index (χ2n) is 9.90. The highest BCUT2D eigenvalue weighted by atomic mass is 32.1. The number of fused-ring (bicyclic) bond motifs is 3. The van der Waals surface area contributed by atoms with Crippen molar-refractivity contribution in [2.75, 3.05) is 7.11 Å². The smallest absolute Gasteiger partial charge is 0.271 e. The van der Waals surface area contributed by atoms with Gasteiger partial charge in [0.15, 0.2) is 4.80 Å². The minimum atomic E-state index is -0.438. The number of hydrogen-bond donors (Lipinski definition) is 0. The van der Waals surface area contributed by atoms with E-state index in [-0.39, 0.29) is 17.3 Å². The van der Waals surface area contributed by atoms with Crippen molar-refractivity contribution in [3.63, 3.8) is 0 Å². The molecule has 2 aromatic heterocycles. The highest BCUT2D eigenvalue weighted by Gasteiger charge is 2.32. The molecule has 0 fully saturated rings. The standard InChI is InChI=1S/C32H23N3O5S/c1-39-23-7-4-6-21(17-23)30-26-15-11-19-5-2-3-8-25(19)29(26)33-32-34(30)31(36)28(41-32)18-24-14-16-27(40-24)20-9-12-22(13-10-20)35(37)38/h2-10,12-14,16-18,30H,11,15H2,1H3/b28-18+/t30-/m1/s1. The van der Waals surface area contributed by atoms with Gasteiger partial charge in [-0.15, -0.1) is 0 Å². The molecular formula is C32H23N3O5S. The number of allylic oxidation sites excluding steroid dienone is 1. The first-order valence-corrected chi connectivity index (χ1v) is 13.9. The van der Waals surface area contributed by atoms with E-state index in [1.165, 1.54) is 29.0 Å². The van der Waals surface area contributed by atoms with Gasteiger partial charge < -0.3 is 9.15 Å². The molecule has 0 amide bonds. The highest BCUT2D eigenvalue weighted by Crippen LogP contribution is 2.41. The fourth-order valence-corrected chi connectivity index (χ4v) is 6.58. The maximum Gasteiger partial charge on any atom is 0.271 e. The third kappa shape index (κ3) is 4.31. The molecule has 7 rings (SSSR count). The molecule has 0 bridgehead atoms. The molecule has 3 aromatic carbocycles. The van der Waals surface area contributed by atoms with Gasteiger partial charge in [-0.3, -0.25) is 19.5 Å². The number of hydrogen-bond acceptors (Lipinski definition) is 7. The SMILES string of the molecule is COc1cccc([C@@H]2C3=C(N=c4s/c(=C/c5ccc(-c6ccc([N+](=O)[O-])cc6)o5)c(=O)n42)c2ccccc2CC3)c1. The Morgan fingerprint density at radius 1 is 1.05 bits per heavy atom. The molecule has 0 radical (unpaired) electrons. The Kier molecular flexibility index (Phi) is 6.01. The molecular weight excluding hydrogens is 538 g/mol. The molecule has 3 heterocycles. The van der Waals surface area contributed by atoms with Gasteiger partial charge in [0.05, 0.1) is 28.3 Å². The average molecular weight is 562 g/mol. The lowest BCUT2D eigenvalue weighted by Gasteiger charge is -2.31. The van der Waals surface area contributed by atoms with Crippen molar-refractivity contribution >= 4 is 28.8 Å². The molecule has 0 N–H and O–H groups in total. The molecule has 1 aliphatic carbocycles. The quantitative estimate of drug-likeness (QED) is 0.209. The van der Waals surface area contributed by atoms with Crippen molar-refractivity contribution in [2.24, 2.45) is 4.99 Å². The summed E-state index contributed by atoms with van der Waals surface area (Å²) in [6.45, 7) is 0. The van der Waals surface area contributed by atoms with Crippen LogP contribution in [0.15, 0.2) is 105 Å². The maximum atomic E-state index is 14.0. The minimum Gasteiger partial charge on any atom is -0.497 e. The average Bonchev–Trinajstić information content (AvgIpc) is 3.60. The number of rotatable bonds is 5. The topological polar surface area (TPSA) is 99.9 Å². The second-order valence-corrected chi connectivity index (χ2v) is 10.9. The molecule has 5 aromatic rings. The van der Waals surface area contributed by atoms with E-state index in [0.717, 1.165) is 41.0 Å². The van der Waals surface area contributed by atoms with E-state index in [0.29, 0.717) is 26.4 Å². The molecule has 202 valence electrons. The molecule has 1 atom stereocenters. The van der Waals surface area contributed by atoms with Crippen molar-refractivity contribution in [1.29, 1.82) is 0 Å². The first kappa shape index (κ1) is 25.0. The lowest BCUT2D eigenvalue weighted by atomic mass is 9.83. The summed E-state index contributed by atoms with van der Waals surface area (Å²) in [7, 11) is 1.64. The van der Waals surface area contributed by atoms with Gasteiger partial charge in [-0.05, 0) is 65.9 Å². The Morgan fingerprint density at radius 3 is 2.68 bits per heavy atom. The van der Waals surface area contributed by atoms with Crippen LogP contribution in [0.2, 0.25) is 0 Å². The van der Waals surface area contributed by atoms with Gasteiger partial charge in [0.2, 0.25) is 0 Å². The number of nitro groups is 1. The number of thiazole rings is 1. The van der Waals surface area contributed by atoms with Crippen molar-refractivity contribution < 1.29 is 14.1 Å². The summed E-state index contributed by atoms with van der Waals surface area (Å²) in [5.74, 6) is 1.80. The predicted octanol–water partition coefficient (Wildman–Crippen LogP) is 5.50. The van der Waals surface area contributed by atoms with Crippen molar-refractivity contribution in [3.8, 4) is 17.1 Å². The van der Waals surface area contributed by atoms with E-state index in [1.54, 1.807) is 42.0 Å². The van der Waals surface area contributed by atoms with E-state index < -0.39 is 4.92 Å². The molecule has 2 aliphatic rings. The van der Waals surface area contributed by atoms with E-state index in [4.69, 9.17) is 14.1 Å². The van der Waals surface area contributed by atoms with Crippen LogP contribution in [0.3, 0.4) is 0 Å². The van der Waals surface area contributed by atoms with Crippen LogP contribution in [0, 0.1) is 10.1 Å². The largest absolute Gasteiger partial charge is 0.497 e. The number of furan rings is 1. The summed E-state index contributed by atoms with van der Waals surface area (Å²) < 4.78 is 13.8. The number of benzene rings is 3. The fourth-order valence-electron chi connectivity index (χ4n) is 5.60. The zero-order valence-corrected chi connectivity index (χ0v) is 22.8. The second kappa shape index (κ2) is 9.87. The third-order valence-electron chi connectivity index (χ3n) is 7.55. The normalized spacial score (nSPS) is 16.0. The van der Waals surface area contributed by atoms with Crippen LogP contribution in [0.1, 0.15) is 34.9 Å². The number of nitrogens with zero attached hydrogens (tertiary/aromatic N) is 3. The number of non-ortho nitro benzene ring substituents is 1. The van der Waals surface area contributed by atoms with Crippen LogP contribution in [-0.2, 0) is 6.42 Å². The van der Waals surface area contributed by atoms with Crippen LogP contribution < -0.4 is 19.6 Å². The predicted molar refractivity (Wildman–Crippen MR) is 157 cm³/mol. The first-order chi connectivity index (χ1) is 20.0. The van der Waals surface area contributed by atoms with Crippen LogP contribution in [0.5, 0.6) is 5.75 Å². The number of methoxy groups -OCH3 is 1. The molecule has 0 saturated heterocycles. The van der Waals surface area contributed by atoms with E-state index in [1.807, 2.05) is 30.3 Å². The Morgan fingerprint density at radius 2 is 1.88 bits per heavy atom. The van der Waals surface area contributed by atoms with Crippen LogP contribution in [0.25, 0.3) is 23.1 Å². The molecule has 9 heteroatoms. The number of aryl methyl sites for hydroxylation is 1. The van der Waals surface area contributed by atoms with Gasteiger partial charge >= 0.3 is 0 Å². The third-order valence-corrected chi connectivity index (χ3v) is 8.53. The van der Waals surface area contributed by atoms with E-state index in [9.17, 15) is 14.9 Å². The zero-order chi connectivity index (χ0) is 28.1. The van der Waals surface area contributed by atoms with Gasteiger partial charge in [-0.1, -0.05) is 47.7 Å². The Bertz CT molecular complexity index is 2050. The number of nitro benzene ring substituents is 1. The van der Waals surface area contributed by atoms with Gasteiger partial charge in [-0.25, -0.2) is 4.99 Å². The monoisotopic (exact) mass is 561 g/mol. The highest BCUT2D eigenvalue weighted by molar-refractivity contribution is 7.07. The van der Waals surface area contributed by atoms with E-state index >= 15 is 0 Å². The summed E-state index contributed by atoms with van der Waals surface area (Å²) in [5, 5.41) is 11.0. The number of ether oxygens (including phenoxy) is 1. The first-order valence-electron chi connectivity index (χ1n) is 13.1.